The van der Waals surface area contributed by atoms with Crippen LogP contribution in [0, 0.1) is 17.1 Å². The molecule has 0 heterocycles. The molecule has 0 aliphatic heterocycles. The standard InChI is InChI=1S/C14H10F4N2O4/c1-23-10(21)5-9(13(22)24-2)20-12-7(6-19)3-4-8(15)11(12)14(16,17)18/h3-5,20H,1-2H3/b9-5+. The molecule has 0 aliphatic carbocycles. The van der Waals surface area contributed by atoms with Crippen molar-refractivity contribution in [2.75, 3.05) is 19.5 Å². The third-order valence-corrected chi connectivity index (χ3v) is 2.69. The summed E-state index contributed by atoms with van der Waals surface area (Å²) in [5.41, 5.74) is -4.17. The smallest absolute Gasteiger partial charge is 0.421 e. The molecule has 0 radical (unpaired) electrons. The van der Waals surface area contributed by atoms with Crippen molar-refractivity contribution in [1.82, 2.24) is 0 Å². The Morgan fingerprint density at radius 3 is 2.33 bits per heavy atom. The van der Waals surface area contributed by atoms with Gasteiger partial charge < -0.3 is 14.8 Å². The molecule has 6 nitrogen and oxygen atoms in total. The third kappa shape index (κ3) is 4.22. The summed E-state index contributed by atoms with van der Waals surface area (Å²) in [4.78, 5) is 22.8. The van der Waals surface area contributed by atoms with E-state index >= 15 is 0 Å². The summed E-state index contributed by atoms with van der Waals surface area (Å²) in [6, 6.07) is 2.70. The van der Waals surface area contributed by atoms with Gasteiger partial charge in [-0.05, 0) is 12.1 Å². The van der Waals surface area contributed by atoms with Crippen LogP contribution < -0.4 is 5.32 Å². The van der Waals surface area contributed by atoms with Crippen molar-refractivity contribution >= 4 is 17.6 Å². The molecule has 0 saturated carbocycles. The Balaban J connectivity index is 3.57. The summed E-state index contributed by atoms with van der Waals surface area (Å²) in [7, 11) is 1.88. The van der Waals surface area contributed by atoms with Crippen LogP contribution in [-0.4, -0.2) is 26.2 Å². The first-order chi connectivity index (χ1) is 11.1. The molecule has 1 aromatic rings. The molecule has 0 atom stereocenters. The third-order valence-electron chi connectivity index (χ3n) is 2.69. The van der Waals surface area contributed by atoms with Gasteiger partial charge in [0.1, 0.15) is 23.1 Å². The van der Waals surface area contributed by atoms with Crippen molar-refractivity contribution in [3.63, 3.8) is 0 Å². The van der Waals surface area contributed by atoms with Crippen LogP contribution in [0.25, 0.3) is 0 Å². The predicted octanol–water partition coefficient (Wildman–Crippen LogP) is 2.36. The molecule has 128 valence electrons. The average molecular weight is 346 g/mol. The minimum atomic E-state index is -5.16. The van der Waals surface area contributed by atoms with Gasteiger partial charge in [-0.1, -0.05) is 0 Å². The van der Waals surface area contributed by atoms with Crippen LogP contribution in [-0.2, 0) is 25.2 Å². The maximum Gasteiger partial charge on any atom is 0.421 e. The first kappa shape index (κ1) is 19.0. The molecule has 1 N–H and O–H groups in total. The number of methoxy groups -OCH3 is 2. The highest BCUT2D eigenvalue weighted by molar-refractivity contribution is 5.99. The number of esters is 2. The average Bonchev–Trinajstić information content (AvgIpc) is 2.52. The highest BCUT2D eigenvalue weighted by atomic mass is 19.4. The fourth-order valence-corrected chi connectivity index (χ4v) is 1.64. The molecular weight excluding hydrogens is 336 g/mol. The molecule has 24 heavy (non-hydrogen) atoms. The van der Waals surface area contributed by atoms with E-state index in [0.29, 0.717) is 12.1 Å². The second kappa shape index (κ2) is 7.45. The Bertz CT molecular complexity index is 736. The molecule has 0 fully saturated rings. The SMILES string of the molecule is COC(=O)/C=C(/Nc1c(C#N)ccc(F)c1C(F)(F)F)C(=O)OC. The number of nitrogens with zero attached hydrogens (tertiary/aromatic N) is 1. The van der Waals surface area contributed by atoms with Crippen molar-refractivity contribution in [3.8, 4) is 6.07 Å². The van der Waals surface area contributed by atoms with E-state index in [0.717, 1.165) is 20.3 Å². The molecule has 1 aromatic carbocycles. The molecule has 0 aromatic heterocycles. The highest BCUT2D eigenvalue weighted by Gasteiger charge is 2.39. The summed E-state index contributed by atoms with van der Waals surface area (Å²) in [5.74, 6) is -3.96. The van der Waals surface area contributed by atoms with Crippen LogP contribution >= 0.6 is 0 Å². The fourth-order valence-electron chi connectivity index (χ4n) is 1.64. The zero-order chi connectivity index (χ0) is 18.5. The van der Waals surface area contributed by atoms with E-state index in [2.05, 4.69) is 9.47 Å². The highest BCUT2D eigenvalue weighted by Crippen LogP contribution is 2.39. The summed E-state index contributed by atoms with van der Waals surface area (Å²) in [5, 5.41) is 10.9. The quantitative estimate of drug-likeness (QED) is 0.511. The molecule has 0 amide bonds. The maximum absolute atomic E-state index is 13.6. The van der Waals surface area contributed by atoms with Gasteiger partial charge in [-0.25, -0.2) is 14.0 Å². The molecule has 1 rings (SSSR count). The van der Waals surface area contributed by atoms with Crippen LogP contribution in [0.3, 0.4) is 0 Å². The Morgan fingerprint density at radius 1 is 1.25 bits per heavy atom. The maximum atomic E-state index is 13.6. The first-order valence-electron chi connectivity index (χ1n) is 6.10. The van der Waals surface area contributed by atoms with Gasteiger partial charge in [0.2, 0.25) is 0 Å². The number of anilines is 1. The molecule has 10 heteroatoms. The lowest BCUT2D eigenvalue weighted by Crippen LogP contribution is -2.20. The predicted molar refractivity (Wildman–Crippen MR) is 71.9 cm³/mol. The van der Waals surface area contributed by atoms with Crippen molar-refractivity contribution < 1.29 is 36.6 Å². The number of nitrogens with one attached hydrogen (secondary N) is 1. The normalized spacial score (nSPS) is 11.5. The lowest BCUT2D eigenvalue weighted by Gasteiger charge is -2.17. The van der Waals surface area contributed by atoms with Crippen LogP contribution in [0.1, 0.15) is 11.1 Å². The number of hydrogen-bond donors (Lipinski definition) is 1. The van der Waals surface area contributed by atoms with E-state index in [4.69, 9.17) is 5.26 Å². The number of halogens is 4. The lowest BCUT2D eigenvalue weighted by atomic mass is 10.1. The molecule has 0 unspecified atom stereocenters. The zero-order valence-electron chi connectivity index (χ0n) is 12.3. The molecule has 0 saturated heterocycles. The number of nitriles is 1. The van der Waals surface area contributed by atoms with Crippen LogP contribution in [0.4, 0.5) is 23.2 Å². The van der Waals surface area contributed by atoms with Gasteiger partial charge in [-0.2, -0.15) is 18.4 Å². The van der Waals surface area contributed by atoms with Gasteiger partial charge in [0.25, 0.3) is 0 Å². The van der Waals surface area contributed by atoms with Gasteiger partial charge in [0.05, 0.1) is 31.5 Å². The van der Waals surface area contributed by atoms with E-state index in [1.807, 2.05) is 5.32 Å². The van der Waals surface area contributed by atoms with Gasteiger partial charge >= 0.3 is 18.1 Å². The van der Waals surface area contributed by atoms with Gasteiger partial charge in [0, 0.05) is 0 Å². The van der Waals surface area contributed by atoms with E-state index < -0.39 is 46.4 Å². The molecule has 0 aliphatic rings. The number of benzene rings is 1. The Hall–Kier alpha value is -3.09. The number of hydrogen-bond acceptors (Lipinski definition) is 6. The lowest BCUT2D eigenvalue weighted by molar-refractivity contribution is -0.140. The summed E-state index contributed by atoms with van der Waals surface area (Å²) in [6.45, 7) is 0. The van der Waals surface area contributed by atoms with E-state index in [-0.39, 0.29) is 0 Å². The van der Waals surface area contributed by atoms with Gasteiger partial charge in [-0.3, -0.25) is 0 Å². The van der Waals surface area contributed by atoms with Crippen molar-refractivity contribution in [2.45, 2.75) is 6.18 Å². The van der Waals surface area contributed by atoms with E-state index in [1.54, 1.807) is 0 Å². The minimum absolute atomic E-state index is 0.467. The number of alkyl halides is 3. The summed E-state index contributed by atoms with van der Waals surface area (Å²) in [6.07, 6.45) is -4.65. The summed E-state index contributed by atoms with van der Waals surface area (Å²) < 4.78 is 61.4. The van der Waals surface area contributed by atoms with Crippen LogP contribution in [0.5, 0.6) is 0 Å². The Kier molecular flexibility index (Phi) is 5.89. The van der Waals surface area contributed by atoms with Crippen LogP contribution in [0.2, 0.25) is 0 Å². The number of ether oxygens (including phenoxy) is 2. The van der Waals surface area contributed by atoms with Crippen molar-refractivity contribution in [3.05, 3.63) is 40.8 Å². The zero-order valence-corrected chi connectivity index (χ0v) is 12.3. The number of rotatable bonds is 4. The summed E-state index contributed by atoms with van der Waals surface area (Å²) >= 11 is 0. The van der Waals surface area contributed by atoms with Crippen molar-refractivity contribution in [1.29, 1.82) is 5.26 Å². The second-order valence-electron chi connectivity index (χ2n) is 4.15. The topological polar surface area (TPSA) is 88.4 Å². The number of carbonyl (C=O) groups excluding carboxylic acids is 2. The van der Waals surface area contributed by atoms with Crippen LogP contribution in [0.15, 0.2) is 23.9 Å². The molecule has 0 bridgehead atoms. The van der Waals surface area contributed by atoms with Gasteiger partial charge in [-0.15, -0.1) is 0 Å². The Labute approximate surface area is 133 Å². The first-order valence-corrected chi connectivity index (χ1v) is 6.10. The molecule has 0 spiro atoms. The van der Waals surface area contributed by atoms with Crippen molar-refractivity contribution in [2.24, 2.45) is 0 Å². The minimum Gasteiger partial charge on any atom is -0.466 e. The number of carbonyl (C=O) groups is 2. The van der Waals surface area contributed by atoms with Gasteiger partial charge in [0.15, 0.2) is 0 Å². The fraction of sp³-hybridized carbons (Fsp3) is 0.214. The largest absolute Gasteiger partial charge is 0.466 e. The van der Waals surface area contributed by atoms with E-state index in [9.17, 15) is 27.2 Å². The monoisotopic (exact) mass is 346 g/mol. The van der Waals surface area contributed by atoms with E-state index in [1.165, 1.54) is 6.07 Å². The second-order valence-corrected chi connectivity index (χ2v) is 4.15. The molecular formula is C14H10F4N2O4. The Morgan fingerprint density at radius 2 is 1.88 bits per heavy atom.